The van der Waals surface area contributed by atoms with Crippen molar-refractivity contribution in [3.05, 3.63) is 66.1 Å². The Bertz CT molecular complexity index is 890. The number of nitrogens with zero attached hydrogens (tertiary/aromatic N) is 3. The molecule has 3 aromatic rings. The molecular formula is C21H23N3O2. The van der Waals surface area contributed by atoms with Crippen LogP contribution in [0.5, 0.6) is 5.75 Å². The second kappa shape index (κ2) is 7.02. The number of phenols is 1. The Morgan fingerprint density at radius 2 is 1.77 bits per heavy atom. The van der Waals surface area contributed by atoms with Gasteiger partial charge in [-0.05, 0) is 37.6 Å². The molecule has 3 unspecified atom stereocenters. The molecule has 3 atom stereocenters. The van der Waals surface area contributed by atoms with Crippen molar-refractivity contribution in [2.45, 2.75) is 32.1 Å². The summed E-state index contributed by atoms with van der Waals surface area (Å²) in [6.07, 6.45) is 5.59. The van der Waals surface area contributed by atoms with Crippen molar-refractivity contribution in [2.75, 3.05) is 13.1 Å². The first-order valence-corrected chi connectivity index (χ1v) is 8.99. The Hall–Kier alpha value is -2.50. The quantitative estimate of drug-likeness (QED) is 0.784. The SMILES string of the molecule is CC1CN(C(c2ccncc2)c2ccc3cccnc3c2O)CC(C)O1. The van der Waals surface area contributed by atoms with Crippen molar-refractivity contribution in [3.63, 3.8) is 0 Å². The van der Waals surface area contributed by atoms with Crippen LogP contribution >= 0.6 is 0 Å². The van der Waals surface area contributed by atoms with E-state index in [9.17, 15) is 5.11 Å². The molecule has 26 heavy (non-hydrogen) atoms. The summed E-state index contributed by atoms with van der Waals surface area (Å²) >= 11 is 0. The molecule has 134 valence electrons. The zero-order valence-electron chi connectivity index (χ0n) is 15.0. The molecule has 0 aliphatic carbocycles. The predicted molar refractivity (Wildman–Crippen MR) is 101 cm³/mol. The van der Waals surface area contributed by atoms with E-state index in [4.69, 9.17) is 4.74 Å². The summed E-state index contributed by atoms with van der Waals surface area (Å²) in [6, 6.07) is 11.8. The van der Waals surface area contributed by atoms with E-state index in [1.165, 1.54) is 0 Å². The minimum atomic E-state index is -0.0711. The van der Waals surface area contributed by atoms with Crippen molar-refractivity contribution >= 4 is 10.9 Å². The van der Waals surface area contributed by atoms with E-state index in [0.29, 0.717) is 5.52 Å². The number of hydrogen-bond acceptors (Lipinski definition) is 5. The number of fused-ring (bicyclic) bond motifs is 1. The van der Waals surface area contributed by atoms with E-state index in [1.54, 1.807) is 18.6 Å². The van der Waals surface area contributed by atoms with Gasteiger partial charge in [0.25, 0.3) is 0 Å². The zero-order valence-corrected chi connectivity index (χ0v) is 15.0. The van der Waals surface area contributed by atoms with Gasteiger partial charge in [-0.1, -0.05) is 18.2 Å². The van der Waals surface area contributed by atoms with E-state index >= 15 is 0 Å². The largest absolute Gasteiger partial charge is 0.505 e. The predicted octanol–water partition coefficient (Wildman–Crippen LogP) is 3.53. The van der Waals surface area contributed by atoms with Gasteiger partial charge < -0.3 is 9.84 Å². The van der Waals surface area contributed by atoms with Crippen LogP contribution in [0.3, 0.4) is 0 Å². The lowest BCUT2D eigenvalue weighted by molar-refractivity contribution is -0.0767. The summed E-state index contributed by atoms with van der Waals surface area (Å²) in [5.41, 5.74) is 2.61. The third-order valence-corrected chi connectivity index (χ3v) is 4.91. The molecule has 1 N–H and O–H groups in total. The van der Waals surface area contributed by atoms with Gasteiger partial charge in [-0.2, -0.15) is 0 Å². The van der Waals surface area contributed by atoms with Gasteiger partial charge in [-0.3, -0.25) is 14.9 Å². The topological polar surface area (TPSA) is 58.5 Å². The number of morpholine rings is 1. The summed E-state index contributed by atoms with van der Waals surface area (Å²) in [4.78, 5) is 10.9. The number of pyridine rings is 2. The van der Waals surface area contributed by atoms with E-state index < -0.39 is 0 Å². The molecule has 1 aliphatic rings. The van der Waals surface area contributed by atoms with Crippen LogP contribution in [-0.2, 0) is 4.74 Å². The fourth-order valence-electron chi connectivity index (χ4n) is 3.93. The fourth-order valence-corrected chi connectivity index (χ4v) is 3.93. The molecule has 0 radical (unpaired) electrons. The Kier molecular flexibility index (Phi) is 4.57. The number of rotatable bonds is 3. The maximum atomic E-state index is 11.0. The third kappa shape index (κ3) is 3.16. The highest BCUT2D eigenvalue weighted by atomic mass is 16.5. The van der Waals surface area contributed by atoms with Crippen molar-refractivity contribution in [1.29, 1.82) is 0 Å². The Balaban J connectivity index is 1.85. The minimum absolute atomic E-state index is 0.0711. The highest BCUT2D eigenvalue weighted by molar-refractivity contribution is 5.85. The van der Waals surface area contributed by atoms with Crippen molar-refractivity contribution in [1.82, 2.24) is 14.9 Å². The van der Waals surface area contributed by atoms with Crippen LogP contribution < -0.4 is 0 Å². The number of phenolic OH excluding ortho intramolecular Hbond substituents is 1. The summed E-state index contributed by atoms with van der Waals surface area (Å²) in [5.74, 6) is 0.247. The molecule has 0 bridgehead atoms. The van der Waals surface area contributed by atoms with Crippen LogP contribution in [0.15, 0.2) is 55.0 Å². The molecule has 0 spiro atoms. The number of hydrogen-bond donors (Lipinski definition) is 1. The average Bonchev–Trinajstić information content (AvgIpc) is 2.64. The zero-order chi connectivity index (χ0) is 18.1. The number of aromatic nitrogens is 2. The molecule has 3 heterocycles. The molecule has 1 saturated heterocycles. The van der Waals surface area contributed by atoms with Crippen LogP contribution in [0, 0.1) is 0 Å². The van der Waals surface area contributed by atoms with Gasteiger partial charge >= 0.3 is 0 Å². The molecule has 0 amide bonds. The van der Waals surface area contributed by atoms with Gasteiger partial charge in [0.05, 0.1) is 18.2 Å². The minimum Gasteiger partial charge on any atom is -0.505 e. The molecule has 5 nitrogen and oxygen atoms in total. The number of ether oxygens (including phenoxy) is 1. The first-order valence-electron chi connectivity index (χ1n) is 8.99. The second-order valence-corrected chi connectivity index (χ2v) is 6.97. The van der Waals surface area contributed by atoms with Gasteiger partial charge in [-0.15, -0.1) is 0 Å². The Morgan fingerprint density at radius 3 is 2.50 bits per heavy atom. The van der Waals surface area contributed by atoms with Crippen LogP contribution in [0.1, 0.15) is 31.0 Å². The van der Waals surface area contributed by atoms with Gasteiger partial charge in [0, 0.05) is 42.6 Å². The molecular weight excluding hydrogens is 326 g/mol. The fraction of sp³-hybridized carbons (Fsp3) is 0.333. The molecule has 1 aliphatic heterocycles. The molecule has 1 fully saturated rings. The summed E-state index contributed by atoms with van der Waals surface area (Å²) < 4.78 is 5.91. The lowest BCUT2D eigenvalue weighted by atomic mass is 9.94. The highest BCUT2D eigenvalue weighted by Crippen LogP contribution is 2.38. The third-order valence-electron chi connectivity index (χ3n) is 4.91. The Labute approximate surface area is 153 Å². The molecule has 2 aromatic heterocycles. The van der Waals surface area contributed by atoms with Gasteiger partial charge in [0.1, 0.15) is 11.3 Å². The Morgan fingerprint density at radius 1 is 1.04 bits per heavy atom. The second-order valence-electron chi connectivity index (χ2n) is 6.97. The standard InChI is InChI=1S/C21H23N3O2/c1-14-12-24(13-15(2)26-14)20(17-7-10-22-11-8-17)18-6-5-16-4-3-9-23-19(16)21(18)25/h3-11,14-15,20,25H,12-13H2,1-2H3. The smallest absolute Gasteiger partial charge is 0.146 e. The summed E-state index contributed by atoms with van der Waals surface area (Å²) in [6.45, 7) is 5.79. The lowest BCUT2D eigenvalue weighted by Gasteiger charge is -2.40. The van der Waals surface area contributed by atoms with Crippen molar-refractivity contribution in [2.24, 2.45) is 0 Å². The van der Waals surface area contributed by atoms with Gasteiger partial charge in [0.2, 0.25) is 0 Å². The van der Waals surface area contributed by atoms with E-state index in [1.807, 2.05) is 36.4 Å². The van der Waals surface area contributed by atoms with Crippen LogP contribution in [0.4, 0.5) is 0 Å². The molecule has 4 rings (SSSR count). The van der Waals surface area contributed by atoms with Crippen molar-refractivity contribution < 1.29 is 9.84 Å². The number of aromatic hydroxyl groups is 1. The maximum absolute atomic E-state index is 11.0. The van der Waals surface area contributed by atoms with E-state index in [0.717, 1.165) is 29.6 Å². The van der Waals surface area contributed by atoms with Crippen LogP contribution in [0.2, 0.25) is 0 Å². The molecule has 0 saturated carbocycles. The van der Waals surface area contributed by atoms with Gasteiger partial charge in [-0.25, -0.2) is 0 Å². The molecule has 1 aromatic carbocycles. The van der Waals surface area contributed by atoms with E-state index in [-0.39, 0.29) is 24.0 Å². The van der Waals surface area contributed by atoms with Crippen LogP contribution in [0.25, 0.3) is 10.9 Å². The monoisotopic (exact) mass is 349 g/mol. The summed E-state index contributed by atoms with van der Waals surface area (Å²) in [5, 5.41) is 11.9. The van der Waals surface area contributed by atoms with E-state index in [2.05, 4.69) is 28.7 Å². The maximum Gasteiger partial charge on any atom is 0.146 e. The van der Waals surface area contributed by atoms with Crippen LogP contribution in [-0.4, -0.2) is 45.3 Å². The first-order chi connectivity index (χ1) is 12.6. The number of benzene rings is 1. The first kappa shape index (κ1) is 16.9. The van der Waals surface area contributed by atoms with Crippen molar-refractivity contribution in [3.8, 4) is 5.75 Å². The highest BCUT2D eigenvalue weighted by Gasteiger charge is 2.31. The lowest BCUT2D eigenvalue weighted by Crippen LogP contribution is -2.47. The average molecular weight is 349 g/mol. The normalized spacial score (nSPS) is 22.4. The molecule has 5 heteroatoms. The summed E-state index contributed by atoms with van der Waals surface area (Å²) in [7, 11) is 0. The van der Waals surface area contributed by atoms with Gasteiger partial charge in [0.15, 0.2) is 0 Å².